The van der Waals surface area contributed by atoms with Crippen molar-refractivity contribution in [3.05, 3.63) is 130 Å². The average molecular weight is 632 g/mol. The summed E-state index contributed by atoms with van der Waals surface area (Å²) in [5, 5.41) is 3.30. The first-order valence-electron chi connectivity index (χ1n) is 14.5. The first kappa shape index (κ1) is 32.8. The zero-order chi connectivity index (χ0) is 31.9. The van der Waals surface area contributed by atoms with Crippen LogP contribution in [0.5, 0.6) is 0 Å². The lowest BCUT2D eigenvalue weighted by Crippen LogP contribution is -2.54. The van der Waals surface area contributed by atoms with Gasteiger partial charge in [-0.05, 0) is 68.7 Å². The molecule has 4 aromatic carbocycles. The van der Waals surface area contributed by atoms with Gasteiger partial charge in [-0.3, -0.25) is 13.9 Å². The summed E-state index contributed by atoms with van der Waals surface area (Å²) in [7, 11) is -4.21. The fraction of sp³-hybridized carbons (Fsp3) is 0.257. The first-order valence-corrected chi connectivity index (χ1v) is 16.3. The van der Waals surface area contributed by atoms with Crippen molar-refractivity contribution < 1.29 is 18.0 Å². The predicted octanol–water partition coefficient (Wildman–Crippen LogP) is 6.32. The van der Waals surface area contributed by atoms with E-state index in [2.05, 4.69) is 5.32 Å². The second kappa shape index (κ2) is 14.6. The van der Waals surface area contributed by atoms with Gasteiger partial charge >= 0.3 is 0 Å². The van der Waals surface area contributed by atoms with Crippen LogP contribution in [0.15, 0.2) is 108 Å². The van der Waals surface area contributed by atoms with Crippen LogP contribution in [-0.4, -0.2) is 43.8 Å². The van der Waals surface area contributed by atoms with Crippen LogP contribution in [0.2, 0.25) is 5.02 Å². The van der Waals surface area contributed by atoms with Gasteiger partial charge in [0, 0.05) is 24.0 Å². The van der Waals surface area contributed by atoms with Gasteiger partial charge in [0.1, 0.15) is 12.6 Å². The number of carbonyl (C=O) groups is 2. The Morgan fingerprint density at radius 3 is 2.00 bits per heavy atom. The normalized spacial score (nSPS) is 12.0. The van der Waals surface area contributed by atoms with Gasteiger partial charge in [-0.1, -0.05) is 96.0 Å². The molecule has 2 amide bonds. The molecule has 0 fully saturated rings. The van der Waals surface area contributed by atoms with Crippen LogP contribution >= 0.6 is 11.6 Å². The minimum Gasteiger partial charge on any atom is -0.352 e. The first-order chi connectivity index (χ1) is 21.0. The van der Waals surface area contributed by atoms with Crippen molar-refractivity contribution in [1.29, 1.82) is 0 Å². The SMILES string of the molecule is Cc1ccc(S(=O)(=O)N(CC(=O)N(Cc2ccccc2)C(Cc2ccccc2)C(=O)NC(C)C)c2cc(Cl)ccc2C)cc1. The molecule has 0 aliphatic rings. The van der Waals surface area contributed by atoms with E-state index in [1.165, 1.54) is 17.0 Å². The summed E-state index contributed by atoms with van der Waals surface area (Å²) in [5.41, 5.74) is 3.50. The number of nitrogens with one attached hydrogen (secondary N) is 1. The number of nitrogens with zero attached hydrogens (tertiary/aromatic N) is 2. The molecule has 1 N–H and O–H groups in total. The lowest BCUT2D eigenvalue weighted by Gasteiger charge is -2.34. The third-order valence-electron chi connectivity index (χ3n) is 7.23. The van der Waals surface area contributed by atoms with E-state index in [0.29, 0.717) is 10.6 Å². The highest BCUT2D eigenvalue weighted by Gasteiger charge is 2.35. The quantitative estimate of drug-likeness (QED) is 0.198. The highest BCUT2D eigenvalue weighted by atomic mass is 35.5. The Balaban J connectivity index is 1.82. The summed E-state index contributed by atoms with van der Waals surface area (Å²) in [4.78, 5) is 29.8. The molecule has 230 valence electrons. The highest BCUT2D eigenvalue weighted by molar-refractivity contribution is 7.92. The van der Waals surface area contributed by atoms with Gasteiger partial charge in [-0.25, -0.2) is 8.42 Å². The van der Waals surface area contributed by atoms with Crippen LogP contribution in [0.3, 0.4) is 0 Å². The number of anilines is 1. The van der Waals surface area contributed by atoms with Crippen molar-refractivity contribution in [1.82, 2.24) is 10.2 Å². The summed E-state index contributed by atoms with van der Waals surface area (Å²) in [5.74, 6) is -0.844. The number of sulfonamides is 1. The van der Waals surface area contributed by atoms with Gasteiger partial charge in [-0.15, -0.1) is 0 Å². The summed E-state index contributed by atoms with van der Waals surface area (Å²) < 4.78 is 29.5. The molecule has 0 aliphatic heterocycles. The van der Waals surface area contributed by atoms with Gasteiger partial charge in [0.25, 0.3) is 10.0 Å². The summed E-state index contributed by atoms with van der Waals surface area (Å²) in [6.45, 7) is 6.93. The van der Waals surface area contributed by atoms with Crippen LogP contribution in [0.25, 0.3) is 0 Å². The molecule has 9 heteroatoms. The molecule has 7 nitrogen and oxygen atoms in total. The lowest BCUT2D eigenvalue weighted by molar-refractivity contribution is -0.140. The maximum Gasteiger partial charge on any atom is 0.264 e. The standard InChI is InChI=1S/C35H38ClN3O4S/c1-25(2)37-35(41)33(21-28-11-7-5-8-12-28)38(23-29-13-9-6-10-14-29)34(40)24-39(32-22-30(36)18-17-27(32)4)44(42,43)31-19-15-26(3)16-20-31/h5-20,22,25,33H,21,23-24H2,1-4H3,(H,37,41). The number of carbonyl (C=O) groups excluding carboxylic acids is 2. The molecule has 1 atom stereocenters. The fourth-order valence-corrected chi connectivity index (χ4v) is 6.55. The number of hydrogen-bond acceptors (Lipinski definition) is 4. The largest absolute Gasteiger partial charge is 0.352 e. The molecule has 44 heavy (non-hydrogen) atoms. The van der Waals surface area contributed by atoms with Crippen molar-refractivity contribution >= 4 is 39.1 Å². The van der Waals surface area contributed by atoms with E-state index in [1.807, 2.05) is 81.4 Å². The Labute approximate surface area is 265 Å². The predicted molar refractivity (Wildman–Crippen MR) is 176 cm³/mol. The molecule has 4 rings (SSSR count). The van der Waals surface area contributed by atoms with Crippen molar-refractivity contribution in [3.63, 3.8) is 0 Å². The van der Waals surface area contributed by atoms with Gasteiger partial charge in [0.15, 0.2) is 0 Å². The van der Waals surface area contributed by atoms with Gasteiger partial charge < -0.3 is 10.2 Å². The second-order valence-corrected chi connectivity index (χ2v) is 13.4. The van der Waals surface area contributed by atoms with Crippen molar-refractivity contribution in [2.24, 2.45) is 0 Å². The number of hydrogen-bond donors (Lipinski definition) is 1. The number of halogens is 1. The van der Waals surface area contributed by atoms with Crippen LogP contribution in [0, 0.1) is 13.8 Å². The fourth-order valence-electron chi connectivity index (χ4n) is 4.92. The molecule has 0 heterocycles. The average Bonchev–Trinajstić information content (AvgIpc) is 2.99. The molecule has 0 saturated carbocycles. The molecular formula is C35H38ClN3O4S. The molecule has 0 spiro atoms. The molecule has 0 aliphatic carbocycles. The topological polar surface area (TPSA) is 86.8 Å². The molecule has 0 saturated heterocycles. The van der Waals surface area contributed by atoms with E-state index >= 15 is 0 Å². The maximum absolute atomic E-state index is 14.5. The van der Waals surface area contributed by atoms with E-state index in [-0.39, 0.29) is 35.5 Å². The Bertz CT molecular complexity index is 1680. The monoisotopic (exact) mass is 631 g/mol. The highest BCUT2D eigenvalue weighted by Crippen LogP contribution is 2.30. The summed E-state index contributed by atoms with van der Waals surface area (Å²) in [6, 6.07) is 29.2. The Kier molecular flexibility index (Phi) is 10.8. The second-order valence-electron chi connectivity index (χ2n) is 11.1. The van der Waals surface area contributed by atoms with E-state index < -0.39 is 28.5 Å². The zero-order valence-electron chi connectivity index (χ0n) is 25.4. The molecular weight excluding hydrogens is 594 g/mol. The Morgan fingerprint density at radius 1 is 0.818 bits per heavy atom. The summed E-state index contributed by atoms with van der Waals surface area (Å²) in [6.07, 6.45) is 0.249. The van der Waals surface area contributed by atoms with E-state index in [0.717, 1.165) is 21.0 Å². The van der Waals surface area contributed by atoms with Crippen molar-refractivity contribution in [3.8, 4) is 0 Å². The third-order valence-corrected chi connectivity index (χ3v) is 9.23. The Hall–Kier alpha value is -4.14. The van der Waals surface area contributed by atoms with Crippen molar-refractivity contribution in [2.75, 3.05) is 10.8 Å². The van der Waals surface area contributed by atoms with E-state index in [4.69, 9.17) is 11.6 Å². The molecule has 4 aromatic rings. The van der Waals surface area contributed by atoms with Gasteiger partial charge in [0.2, 0.25) is 11.8 Å². The molecule has 0 radical (unpaired) electrons. The van der Waals surface area contributed by atoms with Crippen LogP contribution < -0.4 is 9.62 Å². The number of benzene rings is 4. The minimum absolute atomic E-state index is 0.0447. The van der Waals surface area contributed by atoms with Gasteiger partial charge in [0.05, 0.1) is 10.6 Å². The van der Waals surface area contributed by atoms with Crippen molar-refractivity contribution in [2.45, 2.75) is 57.6 Å². The third kappa shape index (κ3) is 8.27. The maximum atomic E-state index is 14.5. The van der Waals surface area contributed by atoms with Crippen LogP contribution in [-0.2, 0) is 32.6 Å². The zero-order valence-corrected chi connectivity index (χ0v) is 27.0. The summed E-state index contributed by atoms with van der Waals surface area (Å²) >= 11 is 6.35. The van der Waals surface area contributed by atoms with E-state index in [1.54, 1.807) is 37.3 Å². The van der Waals surface area contributed by atoms with Gasteiger partial charge in [-0.2, -0.15) is 0 Å². The number of amides is 2. The van der Waals surface area contributed by atoms with Crippen LogP contribution in [0.4, 0.5) is 5.69 Å². The lowest BCUT2D eigenvalue weighted by atomic mass is 10.0. The van der Waals surface area contributed by atoms with E-state index in [9.17, 15) is 18.0 Å². The molecule has 0 aromatic heterocycles. The number of rotatable bonds is 12. The number of aryl methyl sites for hydroxylation is 2. The Morgan fingerprint density at radius 2 is 1.41 bits per heavy atom. The molecule has 1 unspecified atom stereocenters. The molecule has 0 bridgehead atoms. The smallest absolute Gasteiger partial charge is 0.264 e. The minimum atomic E-state index is -4.21. The van der Waals surface area contributed by atoms with Crippen LogP contribution in [0.1, 0.15) is 36.1 Å².